The first-order valence-electron chi connectivity index (χ1n) is 33.9. The predicted molar refractivity (Wildman–Crippen MR) is 420 cm³/mol. The van der Waals surface area contributed by atoms with E-state index in [9.17, 15) is 0 Å². The van der Waals surface area contributed by atoms with E-state index in [1.54, 1.807) is 0 Å². The van der Waals surface area contributed by atoms with Gasteiger partial charge in [-0.3, -0.25) is 19.6 Å². The summed E-state index contributed by atoms with van der Waals surface area (Å²) >= 11 is 0. The maximum Gasteiger partial charge on any atom is 0.145 e. The summed E-state index contributed by atoms with van der Waals surface area (Å²) in [4.78, 5) is 31.9. The van der Waals surface area contributed by atoms with Crippen LogP contribution in [0.25, 0.3) is 118 Å². The third-order valence-electron chi connectivity index (χ3n) is 20.3. The topological polar surface area (TPSA) is 64.5 Å². The van der Waals surface area contributed by atoms with Gasteiger partial charge in [0.1, 0.15) is 23.3 Å². The van der Waals surface area contributed by atoms with Crippen molar-refractivity contribution in [2.45, 2.75) is 0 Å². The maximum atomic E-state index is 5.53. The van der Waals surface area contributed by atoms with Gasteiger partial charge in [-0.15, -0.1) is 0 Å². The molecule has 16 aromatic carbocycles. The Morgan fingerprint density at radius 2 is 0.340 bits per heavy atom. The number of nitrogens with zero attached hydrogens (tertiary/aromatic N) is 8. The molecule has 0 aliphatic heterocycles. The van der Waals surface area contributed by atoms with Crippen molar-refractivity contribution in [3.05, 3.63) is 352 Å². The highest BCUT2D eigenvalue weighted by atomic mass is 15.2. The molecule has 0 atom stereocenters. The summed E-state index contributed by atoms with van der Waals surface area (Å²) in [7, 11) is 0. The highest BCUT2D eigenvalue weighted by Gasteiger charge is 2.33. The van der Waals surface area contributed by atoms with Crippen molar-refractivity contribution in [3.63, 3.8) is 0 Å². The van der Waals surface area contributed by atoms with Crippen molar-refractivity contribution in [1.82, 2.24) is 19.9 Å². The summed E-state index contributed by atoms with van der Waals surface area (Å²) in [5.41, 5.74) is 7.65. The Bertz CT molecular complexity index is 5530. The summed E-state index contributed by atoms with van der Waals surface area (Å²) < 4.78 is 0. The number of rotatable bonds is 12. The largest absolute Gasteiger partial charge is 0.293 e. The Kier molecular flexibility index (Phi) is 13.1. The molecule has 0 N–H and O–H groups in total. The Morgan fingerprint density at radius 1 is 0.150 bits per heavy atom. The van der Waals surface area contributed by atoms with Crippen LogP contribution in [0.2, 0.25) is 0 Å². The molecule has 8 nitrogen and oxygen atoms in total. The second kappa shape index (κ2) is 23.1. The van der Waals surface area contributed by atoms with Gasteiger partial charge < -0.3 is 0 Å². The molecule has 0 aliphatic rings. The predicted octanol–water partition coefficient (Wildman–Crippen LogP) is 25.3. The van der Waals surface area contributed by atoms with Gasteiger partial charge in [0, 0.05) is 100 Å². The van der Waals surface area contributed by atoms with Crippen LogP contribution in [-0.2, 0) is 0 Å². The molecule has 466 valence electrons. The van der Waals surface area contributed by atoms with Crippen LogP contribution in [0.1, 0.15) is 0 Å². The zero-order valence-corrected chi connectivity index (χ0v) is 54.1. The van der Waals surface area contributed by atoms with Crippen LogP contribution in [0.4, 0.5) is 68.8 Å². The average Bonchev–Trinajstić information content (AvgIpc) is 0.696. The Balaban J connectivity index is 1.03. The quantitative estimate of drug-likeness (QED) is 0.112. The fourth-order valence-corrected chi connectivity index (χ4v) is 15.8. The second-order valence-corrected chi connectivity index (χ2v) is 25.7. The molecule has 0 saturated heterocycles. The molecular weight excluding hydrogens is 1220 g/mol. The highest BCUT2D eigenvalue weighted by Crippen LogP contribution is 2.57. The summed E-state index contributed by atoms with van der Waals surface area (Å²) in [6.07, 6.45) is 7.83. The fraction of sp³-hybridized carbons (Fsp3) is 0. The van der Waals surface area contributed by atoms with E-state index < -0.39 is 0 Å². The number of aromatic nitrogens is 4. The minimum atomic E-state index is 0.796. The third kappa shape index (κ3) is 8.94. The van der Waals surface area contributed by atoms with Gasteiger partial charge in [0.2, 0.25) is 0 Å². The van der Waals surface area contributed by atoms with Crippen LogP contribution in [0.15, 0.2) is 352 Å². The molecule has 20 rings (SSSR count). The molecule has 0 radical (unpaired) electrons. The molecule has 0 saturated carbocycles. The van der Waals surface area contributed by atoms with Gasteiger partial charge in [0.05, 0.1) is 45.5 Å². The first-order chi connectivity index (χ1) is 49.7. The lowest BCUT2D eigenvalue weighted by Crippen LogP contribution is -2.18. The smallest absolute Gasteiger partial charge is 0.145 e. The lowest BCUT2D eigenvalue weighted by Gasteiger charge is -2.35. The van der Waals surface area contributed by atoms with Crippen LogP contribution in [-0.4, -0.2) is 19.9 Å². The van der Waals surface area contributed by atoms with Crippen molar-refractivity contribution in [2.24, 2.45) is 0 Å². The molecule has 100 heavy (non-hydrogen) atoms. The van der Waals surface area contributed by atoms with Crippen LogP contribution in [0.5, 0.6) is 0 Å². The first kappa shape index (κ1) is 56.8. The molecule has 0 fully saturated rings. The SMILES string of the molecule is c1ccc2c(N(c3nccc4ccccc34)c3cc(N(c4cccc5ccccc45)c4nccc5ccccc45)c4ccc5c(N(c6cccc7ccccc67)c6nccc7ccccc67)cc(N(c6cccc7ccccc67)c6nccc7ccccc67)c6ccc3c4c65)cccc2c1. The Hall–Kier alpha value is -13.6. The van der Waals surface area contributed by atoms with E-state index in [0.29, 0.717) is 0 Å². The Labute approximate surface area is 575 Å². The van der Waals surface area contributed by atoms with E-state index in [4.69, 9.17) is 19.9 Å². The van der Waals surface area contributed by atoms with Crippen LogP contribution in [0.3, 0.4) is 0 Å². The van der Waals surface area contributed by atoms with E-state index in [-0.39, 0.29) is 0 Å². The fourth-order valence-electron chi connectivity index (χ4n) is 15.8. The van der Waals surface area contributed by atoms with Crippen molar-refractivity contribution in [1.29, 1.82) is 0 Å². The van der Waals surface area contributed by atoms with Crippen molar-refractivity contribution in [3.8, 4) is 0 Å². The molecule has 4 aromatic heterocycles. The summed E-state index contributed by atoms with van der Waals surface area (Å²) in [5, 5.41) is 23.3. The lowest BCUT2D eigenvalue weighted by atomic mass is 9.88. The zero-order chi connectivity index (χ0) is 65.8. The van der Waals surface area contributed by atoms with Crippen LogP contribution in [0, 0.1) is 0 Å². The molecule has 20 aromatic rings. The van der Waals surface area contributed by atoms with E-state index in [1.165, 1.54) is 0 Å². The van der Waals surface area contributed by atoms with Gasteiger partial charge in [-0.25, -0.2) is 19.9 Å². The van der Waals surface area contributed by atoms with E-state index in [2.05, 4.69) is 347 Å². The van der Waals surface area contributed by atoms with Crippen LogP contribution < -0.4 is 19.6 Å². The molecule has 0 amide bonds. The summed E-state index contributed by atoms with van der Waals surface area (Å²) in [6, 6.07) is 119. The van der Waals surface area contributed by atoms with Crippen molar-refractivity contribution < 1.29 is 0 Å². The lowest BCUT2D eigenvalue weighted by molar-refractivity contribution is 1.19. The van der Waals surface area contributed by atoms with Gasteiger partial charge in [0.15, 0.2) is 0 Å². The normalized spacial score (nSPS) is 11.8. The number of pyridine rings is 4. The van der Waals surface area contributed by atoms with Crippen molar-refractivity contribution >= 4 is 187 Å². The first-order valence-corrected chi connectivity index (χ1v) is 33.9. The monoisotopic (exact) mass is 1270 g/mol. The summed E-state index contributed by atoms with van der Waals surface area (Å²) in [5.74, 6) is 3.19. The number of benzene rings is 16. The minimum absolute atomic E-state index is 0.796. The number of fused-ring (bicyclic) bond motifs is 8. The standard InChI is InChI=1S/C92H58N8/c1-9-33-67-59(21-1)29-17-41-79(67)97(89-71-37-13-5-25-63(71)49-53-93-89)83-57-84(98(80-42-18-30-60-22-2-10-34-68(60)80)90-72-38-14-6-26-64(72)50-54-94-90)76-47-48-78-86(100(82-44-20-32-62-24-4-12-36-70(62)82)92-74-40-16-8-28-66(74)52-56-96-92)58-85(77-46-45-75(83)87(76)88(77)78)99(81-43-19-31-61-23-3-11-35-69(61)81)91-73-39-15-7-27-65(73)51-55-95-91/h1-58H. The molecule has 0 spiro atoms. The van der Waals surface area contributed by atoms with Crippen molar-refractivity contribution in [2.75, 3.05) is 19.6 Å². The van der Waals surface area contributed by atoms with Gasteiger partial charge in [-0.05, 0) is 104 Å². The van der Waals surface area contributed by atoms with Gasteiger partial charge >= 0.3 is 0 Å². The Morgan fingerprint density at radius 3 is 0.570 bits per heavy atom. The number of anilines is 12. The molecule has 4 heterocycles. The maximum absolute atomic E-state index is 5.53. The zero-order valence-electron chi connectivity index (χ0n) is 54.1. The number of hydrogen-bond donors (Lipinski definition) is 0. The average molecular weight is 1280 g/mol. The van der Waals surface area contributed by atoms with Gasteiger partial charge in [-0.1, -0.05) is 267 Å². The summed E-state index contributed by atoms with van der Waals surface area (Å²) in [6.45, 7) is 0. The van der Waals surface area contributed by atoms with Crippen LogP contribution >= 0.6 is 0 Å². The third-order valence-corrected chi connectivity index (χ3v) is 20.3. The minimum Gasteiger partial charge on any atom is -0.293 e. The van der Waals surface area contributed by atoms with E-state index >= 15 is 0 Å². The van der Waals surface area contributed by atoms with Gasteiger partial charge in [-0.2, -0.15) is 0 Å². The van der Waals surface area contributed by atoms with E-state index in [1.807, 2.05) is 24.8 Å². The second-order valence-electron chi connectivity index (χ2n) is 25.7. The molecule has 0 unspecified atom stereocenters. The molecule has 0 bridgehead atoms. The number of hydrogen-bond acceptors (Lipinski definition) is 8. The molecule has 8 heteroatoms. The highest BCUT2D eigenvalue weighted by molar-refractivity contribution is 6.34. The van der Waals surface area contributed by atoms with Gasteiger partial charge in [0.25, 0.3) is 0 Å². The molecular formula is C92H58N8. The molecule has 0 aliphatic carbocycles. The van der Waals surface area contributed by atoms with E-state index in [0.717, 1.165) is 187 Å².